The lowest BCUT2D eigenvalue weighted by Gasteiger charge is -2.26. The van der Waals surface area contributed by atoms with Gasteiger partial charge >= 0.3 is 5.97 Å². The van der Waals surface area contributed by atoms with Crippen molar-refractivity contribution in [1.29, 1.82) is 0 Å². The molecule has 0 atom stereocenters. The summed E-state index contributed by atoms with van der Waals surface area (Å²) < 4.78 is 5.29. The predicted octanol–water partition coefficient (Wildman–Crippen LogP) is 3.49. The molecule has 1 amide bonds. The van der Waals surface area contributed by atoms with Crippen LogP contribution >= 0.6 is 0 Å². The number of carboxylic acid groups (broad SMARTS) is 1. The Bertz CT molecular complexity index is 856. The summed E-state index contributed by atoms with van der Waals surface area (Å²) in [6, 6.07) is 7.39. The molecule has 1 aliphatic rings. The number of carboxylic acids is 1. The minimum atomic E-state index is -0.873. The number of rotatable bonds is 7. The van der Waals surface area contributed by atoms with Crippen LogP contribution in [0.15, 0.2) is 24.3 Å². The number of benzene rings is 1. The van der Waals surface area contributed by atoms with Crippen LogP contribution in [0.3, 0.4) is 0 Å². The van der Waals surface area contributed by atoms with Crippen LogP contribution in [0.1, 0.15) is 61.5 Å². The molecule has 1 heterocycles. The van der Waals surface area contributed by atoms with E-state index in [0.29, 0.717) is 23.7 Å². The molecule has 0 saturated heterocycles. The Balaban J connectivity index is 1.95. The second kappa shape index (κ2) is 6.94. The van der Waals surface area contributed by atoms with Crippen molar-refractivity contribution in [2.75, 3.05) is 7.11 Å². The van der Waals surface area contributed by atoms with Crippen molar-refractivity contribution in [1.82, 2.24) is 10.3 Å². The van der Waals surface area contributed by atoms with E-state index in [9.17, 15) is 9.59 Å². The zero-order chi connectivity index (χ0) is 18.9. The number of aromatic nitrogens is 1. The van der Waals surface area contributed by atoms with Gasteiger partial charge in [-0.05, 0) is 57.4 Å². The number of nitrogens with one attached hydrogen (secondary N) is 1. The van der Waals surface area contributed by atoms with Crippen molar-refractivity contribution >= 4 is 22.8 Å². The summed E-state index contributed by atoms with van der Waals surface area (Å²) >= 11 is 0. The number of hydrogen-bond acceptors (Lipinski definition) is 4. The number of amides is 1. The van der Waals surface area contributed by atoms with E-state index in [1.165, 1.54) is 0 Å². The molecule has 2 aromatic rings. The highest BCUT2D eigenvalue weighted by atomic mass is 16.5. The van der Waals surface area contributed by atoms with Crippen molar-refractivity contribution in [3.63, 3.8) is 0 Å². The second-order valence-electron chi connectivity index (χ2n) is 7.48. The lowest BCUT2D eigenvalue weighted by atomic mass is 9.97. The molecule has 1 aromatic carbocycles. The summed E-state index contributed by atoms with van der Waals surface area (Å²) in [5, 5.41) is 12.6. The van der Waals surface area contributed by atoms with Crippen molar-refractivity contribution in [3.8, 4) is 5.75 Å². The van der Waals surface area contributed by atoms with Gasteiger partial charge in [0.25, 0.3) is 5.91 Å². The minimum absolute atomic E-state index is 0.00548. The van der Waals surface area contributed by atoms with E-state index in [2.05, 4.69) is 5.32 Å². The van der Waals surface area contributed by atoms with Crippen LogP contribution in [0.2, 0.25) is 0 Å². The van der Waals surface area contributed by atoms with Crippen LogP contribution < -0.4 is 10.1 Å². The van der Waals surface area contributed by atoms with E-state index < -0.39 is 11.5 Å². The van der Waals surface area contributed by atoms with Crippen molar-refractivity contribution in [2.45, 2.75) is 51.0 Å². The molecular weight excluding hydrogens is 332 g/mol. The molecule has 0 radical (unpaired) electrons. The lowest BCUT2D eigenvalue weighted by molar-refractivity contribution is -0.137. The van der Waals surface area contributed by atoms with Gasteiger partial charge in [0.15, 0.2) is 0 Å². The molecule has 6 nitrogen and oxygen atoms in total. The molecule has 1 aromatic heterocycles. The van der Waals surface area contributed by atoms with Crippen molar-refractivity contribution < 1.29 is 19.4 Å². The fraction of sp³-hybridized carbons (Fsp3) is 0.450. The van der Waals surface area contributed by atoms with Gasteiger partial charge in [-0.2, -0.15) is 0 Å². The molecule has 2 N–H and O–H groups in total. The Labute approximate surface area is 152 Å². The summed E-state index contributed by atoms with van der Waals surface area (Å²) in [6.07, 6.45) is 2.56. The average molecular weight is 356 g/mol. The minimum Gasteiger partial charge on any atom is -0.497 e. The van der Waals surface area contributed by atoms with E-state index in [1.807, 2.05) is 38.1 Å². The lowest BCUT2D eigenvalue weighted by Crippen LogP contribution is -2.43. The van der Waals surface area contributed by atoms with Gasteiger partial charge in [0.2, 0.25) is 0 Å². The van der Waals surface area contributed by atoms with Crippen LogP contribution in [-0.4, -0.2) is 34.6 Å². The topological polar surface area (TPSA) is 88.5 Å². The van der Waals surface area contributed by atoms with Gasteiger partial charge in [0.1, 0.15) is 5.75 Å². The molecule has 0 bridgehead atoms. The second-order valence-corrected chi connectivity index (χ2v) is 7.48. The van der Waals surface area contributed by atoms with Crippen LogP contribution in [0, 0.1) is 0 Å². The molecule has 6 heteroatoms. The molecule has 1 fully saturated rings. The number of carbonyl (C=O) groups is 2. The van der Waals surface area contributed by atoms with Gasteiger partial charge in [0, 0.05) is 29.0 Å². The third-order valence-corrected chi connectivity index (χ3v) is 4.69. The monoisotopic (exact) mass is 356 g/mol. The SMILES string of the molecule is COc1ccc2nc(C3CC3)cc(C(=O)NC(C)(C)CCC(=O)O)c2c1. The first-order valence-electron chi connectivity index (χ1n) is 8.82. The molecule has 0 unspecified atom stereocenters. The number of methoxy groups -OCH3 is 1. The number of fused-ring (bicyclic) bond motifs is 1. The molecule has 26 heavy (non-hydrogen) atoms. The van der Waals surface area contributed by atoms with Crippen LogP contribution in [0.25, 0.3) is 10.9 Å². The Morgan fingerprint density at radius 3 is 2.65 bits per heavy atom. The Hall–Kier alpha value is -2.63. The van der Waals surface area contributed by atoms with Gasteiger partial charge in [0.05, 0.1) is 18.2 Å². The van der Waals surface area contributed by atoms with Crippen LogP contribution in [0.5, 0.6) is 5.75 Å². The number of nitrogens with zero attached hydrogens (tertiary/aromatic N) is 1. The standard InChI is InChI=1S/C20H24N2O4/c1-20(2,9-8-18(23)24)22-19(25)15-11-17(12-4-5-12)21-16-7-6-13(26-3)10-14(15)16/h6-7,10-12H,4-5,8-9H2,1-3H3,(H,22,25)(H,23,24). The maximum Gasteiger partial charge on any atom is 0.303 e. The highest BCUT2D eigenvalue weighted by molar-refractivity contribution is 6.06. The van der Waals surface area contributed by atoms with Crippen molar-refractivity contribution in [2.24, 2.45) is 0 Å². The Kier molecular flexibility index (Phi) is 4.85. The molecule has 138 valence electrons. The zero-order valence-corrected chi connectivity index (χ0v) is 15.3. The number of pyridine rings is 1. The Morgan fingerprint density at radius 1 is 1.31 bits per heavy atom. The zero-order valence-electron chi connectivity index (χ0n) is 15.3. The number of aliphatic carboxylic acids is 1. The smallest absolute Gasteiger partial charge is 0.303 e. The van der Waals surface area contributed by atoms with Gasteiger partial charge in [-0.3, -0.25) is 14.6 Å². The van der Waals surface area contributed by atoms with Crippen molar-refractivity contribution in [3.05, 3.63) is 35.5 Å². The quantitative estimate of drug-likeness (QED) is 0.793. The van der Waals surface area contributed by atoms with Gasteiger partial charge in [-0.1, -0.05) is 0 Å². The summed E-state index contributed by atoms with van der Waals surface area (Å²) in [5.41, 5.74) is 1.64. The summed E-state index contributed by atoms with van der Waals surface area (Å²) in [4.78, 5) is 28.5. The predicted molar refractivity (Wildman–Crippen MR) is 98.7 cm³/mol. The first kappa shape index (κ1) is 18.2. The fourth-order valence-corrected chi connectivity index (χ4v) is 2.99. The summed E-state index contributed by atoms with van der Waals surface area (Å²) in [5.74, 6) is -0.00360. The first-order chi connectivity index (χ1) is 12.3. The molecule has 3 rings (SSSR count). The maximum atomic E-state index is 13.0. The third-order valence-electron chi connectivity index (χ3n) is 4.69. The van der Waals surface area contributed by atoms with E-state index >= 15 is 0 Å². The normalized spacial score (nSPS) is 14.3. The first-order valence-corrected chi connectivity index (χ1v) is 8.82. The van der Waals surface area contributed by atoms with Gasteiger partial charge in [-0.25, -0.2) is 0 Å². The number of ether oxygens (including phenoxy) is 1. The maximum absolute atomic E-state index is 13.0. The van der Waals surface area contributed by atoms with E-state index in [1.54, 1.807) is 7.11 Å². The van der Waals surface area contributed by atoms with Gasteiger partial charge < -0.3 is 15.2 Å². The van der Waals surface area contributed by atoms with Crippen LogP contribution in [0.4, 0.5) is 0 Å². The highest BCUT2D eigenvalue weighted by Gasteiger charge is 2.28. The largest absolute Gasteiger partial charge is 0.497 e. The molecule has 0 spiro atoms. The summed E-state index contributed by atoms with van der Waals surface area (Å²) in [6.45, 7) is 3.67. The molecule has 1 aliphatic carbocycles. The average Bonchev–Trinajstić information content (AvgIpc) is 3.43. The summed E-state index contributed by atoms with van der Waals surface area (Å²) in [7, 11) is 1.59. The van der Waals surface area contributed by atoms with E-state index in [-0.39, 0.29) is 12.3 Å². The van der Waals surface area contributed by atoms with E-state index in [4.69, 9.17) is 14.8 Å². The molecular formula is C20H24N2O4. The third kappa shape index (κ3) is 4.12. The number of hydrogen-bond donors (Lipinski definition) is 2. The molecule has 0 aliphatic heterocycles. The van der Waals surface area contributed by atoms with E-state index in [0.717, 1.165) is 29.4 Å². The molecule has 1 saturated carbocycles. The van der Waals surface area contributed by atoms with Crippen LogP contribution in [-0.2, 0) is 4.79 Å². The Morgan fingerprint density at radius 2 is 2.04 bits per heavy atom. The van der Waals surface area contributed by atoms with Gasteiger partial charge in [-0.15, -0.1) is 0 Å². The highest BCUT2D eigenvalue weighted by Crippen LogP contribution is 2.40. The number of carbonyl (C=O) groups excluding carboxylic acids is 1. The fourth-order valence-electron chi connectivity index (χ4n) is 2.99.